The zero-order chi connectivity index (χ0) is 18.4. The van der Waals surface area contributed by atoms with Gasteiger partial charge >= 0.3 is 5.97 Å². The number of ether oxygens (including phenoxy) is 1. The van der Waals surface area contributed by atoms with Crippen molar-refractivity contribution in [3.8, 4) is 11.1 Å². The highest BCUT2D eigenvalue weighted by atomic mass is 16.7. The number of benzene rings is 3. The van der Waals surface area contributed by atoms with Crippen molar-refractivity contribution in [1.82, 2.24) is 0 Å². The Morgan fingerprint density at radius 1 is 0.926 bits per heavy atom. The summed E-state index contributed by atoms with van der Waals surface area (Å²) in [5.74, 6) is -0.729. The van der Waals surface area contributed by atoms with Crippen molar-refractivity contribution in [2.45, 2.75) is 5.54 Å². The Balaban J connectivity index is 1.85. The first kappa shape index (κ1) is 16.1. The number of anilines is 1. The monoisotopic (exact) mass is 357 g/mol. The zero-order valence-electron chi connectivity index (χ0n) is 15.0. The minimum absolute atomic E-state index is 0.264. The molecular formula is C23H19NO3. The van der Waals surface area contributed by atoms with Gasteiger partial charge in [0.25, 0.3) is 0 Å². The summed E-state index contributed by atoms with van der Waals surface area (Å²) in [4.78, 5) is 19.0. The van der Waals surface area contributed by atoms with Crippen LogP contribution in [0.25, 0.3) is 11.1 Å². The number of fused-ring (bicyclic) bond motifs is 5. The molecule has 1 unspecified atom stereocenters. The SMILES string of the molecule is COC(=O)C1CON(c2ccccc2)C12c1ccccc1-c1ccccc12. The molecule has 3 aromatic rings. The van der Waals surface area contributed by atoms with Gasteiger partial charge in [0.2, 0.25) is 0 Å². The fourth-order valence-corrected chi connectivity index (χ4v) is 4.58. The lowest BCUT2D eigenvalue weighted by molar-refractivity contribution is -0.146. The first-order valence-corrected chi connectivity index (χ1v) is 9.04. The Kier molecular flexibility index (Phi) is 3.55. The van der Waals surface area contributed by atoms with E-state index in [9.17, 15) is 4.79 Å². The van der Waals surface area contributed by atoms with E-state index in [4.69, 9.17) is 9.57 Å². The molecule has 134 valence electrons. The first-order chi connectivity index (χ1) is 13.3. The summed E-state index contributed by atoms with van der Waals surface area (Å²) in [6.45, 7) is 0.268. The fourth-order valence-electron chi connectivity index (χ4n) is 4.58. The first-order valence-electron chi connectivity index (χ1n) is 9.04. The molecule has 1 saturated heterocycles. The number of esters is 1. The number of hydroxylamine groups is 1. The molecule has 1 atom stereocenters. The summed E-state index contributed by atoms with van der Waals surface area (Å²) in [7, 11) is 1.44. The summed E-state index contributed by atoms with van der Waals surface area (Å²) in [6.07, 6.45) is 0. The minimum Gasteiger partial charge on any atom is -0.469 e. The summed E-state index contributed by atoms with van der Waals surface area (Å²) in [5, 5.41) is 1.90. The van der Waals surface area contributed by atoms with E-state index in [0.29, 0.717) is 0 Å². The highest BCUT2D eigenvalue weighted by Gasteiger charge is 2.61. The number of hydrogen-bond acceptors (Lipinski definition) is 4. The van der Waals surface area contributed by atoms with Crippen LogP contribution in [0.15, 0.2) is 78.9 Å². The van der Waals surface area contributed by atoms with E-state index in [1.165, 1.54) is 7.11 Å². The lowest BCUT2D eigenvalue weighted by atomic mass is 9.76. The average molecular weight is 357 g/mol. The van der Waals surface area contributed by atoms with Gasteiger partial charge in [0.05, 0.1) is 19.4 Å². The van der Waals surface area contributed by atoms with E-state index in [2.05, 4.69) is 24.3 Å². The van der Waals surface area contributed by atoms with Crippen LogP contribution in [0.5, 0.6) is 0 Å². The van der Waals surface area contributed by atoms with Gasteiger partial charge in [0.1, 0.15) is 11.5 Å². The highest BCUT2D eigenvalue weighted by molar-refractivity contribution is 5.88. The number of hydrogen-bond donors (Lipinski definition) is 0. The van der Waals surface area contributed by atoms with Gasteiger partial charge in [-0.15, -0.1) is 0 Å². The van der Waals surface area contributed by atoms with Crippen LogP contribution >= 0.6 is 0 Å². The number of para-hydroxylation sites is 1. The van der Waals surface area contributed by atoms with Crippen LogP contribution < -0.4 is 5.06 Å². The molecule has 0 bridgehead atoms. The van der Waals surface area contributed by atoms with Crippen LogP contribution in [-0.2, 0) is 19.9 Å². The molecule has 0 aromatic heterocycles. The van der Waals surface area contributed by atoms with Crippen molar-refractivity contribution < 1.29 is 14.4 Å². The number of rotatable bonds is 2. The predicted molar refractivity (Wildman–Crippen MR) is 103 cm³/mol. The number of nitrogens with zero attached hydrogens (tertiary/aromatic N) is 1. The molecule has 0 radical (unpaired) electrons. The van der Waals surface area contributed by atoms with Crippen molar-refractivity contribution in [3.63, 3.8) is 0 Å². The predicted octanol–water partition coefficient (Wildman–Crippen LogP) is 4.15. The van der Waals surface area contributed by atoms with E-state index >= 15 is 0 Å². The van der Waals surface area contributed by atoms with Crippen molar-refractivity contribution in [1.29, 1.82) is 0 Å². The summed E-state index contributed by atoms with van der Waals surface area (Å²) >= 11 is 0. The molecule has 0 N–H and O–H groups in total. The molecule has 1 heterocycles. The molecule has 1 aliphatic heterocycles. The Labute approximate surface area is 157 Å². The van der Waals surface area contributed by atoms with Crippen LogP contribution in [0.2, 0.25) is 0 Å². The third-order valence-electron chi connectivity index (χ3n) is 5.64. The molecule has 5 rings (SSSR count). The molecule has 0 saturated carbocycles. The molecule has 2 aliphatic rings. The van der Waals surface area contributed by atoms with Gasteiger partial charge in [0.15, 0.2) is 0 Å². The zero-order valence-corrected chi connectivity index (χ0v) is 15.0. The number of carbonyl (C=O) groups excluding carboxylic acids is 1. The van der Waals surface area contributed by atoms with E-state index in [1.807, 2.05) is 59.7 Å². The largest absolute Gasteiger partial charge is 0.469 e. The van der Waals surface area contributed by atoms with E-state index < -0.39 is 11.5 Å². The van der Waals surface area contributed by atoms with Crippen LogP contribution in [0, 0.1) is 5.92 Å². The van der Waals surface area contributed by atoms with Crippen LogP contribution in [0.4, 0.5) is 5.69 Å². The third kappa shape index (κ3) is 2.04. The highest BCUT2D eigenvalue weighted by Crippen LogP contribution is 2.58. The average Bonchev–Trinajstić information content (AvgIpc) is 3.27. The van der Waals surface area contributed by atoms with Crippen molar-refractivity contribution in [3.05, 3.63) is 90.0 Å². The minimum atomic E-state index is -0.748. The lowest BCUT2D eigenvalue weighted by Crippen LogP contribution is -2.47. The number of carbonyl (C=O) groups is 1. The van der Waals surface area contributed by atoms with Crippen molar-refractivity contribution in [2.75, 3.05) is 18.8 Å². The second kappa shape index (κ2) is 5.96. The van der Waals surface area contributed by atoms with Gasteiger partial charge in [-0.3, -0.25) is 9.63 Å². The molecule has 3 aromatic carbocycles. The Morgan fingerprint density at radius 3 is 2.07 bits per heavy atom. The van der Waals surface area contributed by atoms with Gasteiger partial charge in [-0.1, -0.05) is 66.7 Å². The molecule has 0 amide bonds. The van der Waals surface area contributed by atoms with E-state index in [0.717, 1.165) is 27.9 Å². The third-order valence-corrected chi connectivity index (χ3v) is 5.64. The molecule has 1 spiro atoms. The topological polar surface area (TPSA) is 38.8 Å². The van der Waals surface area contributed by atoms with Gasteiger partial charge in [-0.25, -0.2) is 5.06 Å². The molecular weight excluding hydrogens is 338 g/mol. The molecule has 4 heteroatoms. The standard InChI is InChI=1S/C23H19NO3/c1-26-22(25)21-15-27-24(16-9-3-2-4-10-16)23(21)19-13-7-5-11-17(19)18-12-6-8-14-20(18)23/h2-14,21H,15H2,1H3. The van der Waals surface area contributed by atoms with Crippen molar-refractivity contribution in [2.24, 2.45) is 5.92 Å². The lowest BCUT2D eigenvalue weighted by Gasteiger charge is -2.38. The Morgan fingerprint density at radius 2 is 1.48 bits per heavy atom. The van der Waals surface area contributed by atoms with E-state index in [1.54, 1.807) is 0 Å². The van der Waals surface area contributed by atoms with Crippen LogP contribution in [-0.4, -0.2) is 19.7 Å². The van der Waals surface area contributed by atoms with Gasteiger partial charge in [-0.05, 0) is 34.4 Å². The normalized spacial score (nSPS) is 19.0. The Hall–Kier alpha value is -3.11. The van der Waals surface area contributed by atoms with Gasteiger partial charge < -0.3 is 4.74 Å². The van der Waals surface area contributed by atoms with Crippen LogP contribution in [0.3, 0.4) is 0 Å². The maximum atomic E-state index is 12.8. The molecule has 27 heavy (non-hydrogen) atoms. The van der Waals surface area contributed by atoms with Gasteiger partial charge in [-0.2, -0.15) is 0 Å². The molecule has 1 aliphatic carbocycles. The summed E-state index contributed by atoms with van der Waals surface area (Å²) in [6, 6.07) is 26.4. The fraction of sp³-hybridized carbons (Fsp3) is 0.174. The van der Waals surface area contributed by atoms with Crippen molar-refractivity contribution >= 4 is 11.7 Å². The summed E-state index contributed by atoms with van der Waals surface area (Å²) < 4.78 is 5.19. The Bertz CT molecular complexity index is 969. The van der Waals surface area contributed by atoms with Crippen LogP contribution in [0.1, 0.15) is 11.1 Å². The molecule has 1 fully saturated rings. The second-order valence-corrected chi connectivity index (χ2v) is 6.86. The summed E-state index contributed by atoms with van der Waals surface area (Å²) in [5.41, 5.74) is 4.57. The maximum absolute atomic E-state index is 12.8. The number of methoxy groups -OCH3 is 1. The quantitative estimate of drug-likeness (QED) is 0.646. The molecule has 4 nitrogen and oxygen atoms in total. The smallest absolute Gasteiger partial charge is 0.314 e. The maximum Gasteiger partial charge on any atom is 0.314 e. The second-order valence-electron chi connectivity index (χ2n) is 6.86. The van der Waals surface area contributed by atoms with Gasteiger partial charge in [0, 0.05) is 0 Å². The van der Waals surface area contributed by atoms with E-state index in [-0.39, 0.29) is 12.6 Å².